The summed E-state index contributed by atoms with van der Waals surface area (Å²) in [6.45, 7) is 0. The Morgan fingerprint density at radius 2 is 0.413 bits per heavy atom. The molecule has 6 aromatic rings. The Labute approximate surface area is 272 Å². The van der Waals surface area contributed by atoms with Crippen molar-refractivity contribution in [3.05, 3.63) is 212 Å². The molecule has 0 nitrogen and oxygen atoms in total. The quantitative estimate of drug-likeness (QED) is 0.176. The molecule has 6 aromatic carbocycles. The summed E-state index contributed by atoms with van der Waals surface area (Å²) in [5, 5.41) is 0. The average molecular weight is 605 g/mol. The number of benzene rings is 6. The zero-order chi connectivity index (χ0) is 30.5. The molecule has 0 unspecified atom stereocenters. The van der Waals surface area contributed by atoms with Crippen LogP contribution in [0.25, 0.3) is 36.5 Å². The maximum atomic E-state index is 2.40. The smallest absolute Gasteiger partial charge is 0.0320 e. The van der Waals surface area contributed by atoms with Crippen molar-refractivity contribution in [2.24, 2.45) is 0 Å². The van der Waals surface area contributed by atoms with Crippen LogP contribution in [0, 0.1) is 0 Å². The molecule has 0 fully saturated rings. The molecule has 3 aliphatic rings. The van der Waals surface area contributed by atoms with Crippen LogP contribution in [0.2, 0.25) is 0 Å². The molecule has 9 rings (SSSR count). The van der Waals surface area contributed by atoms with Crippen LogP contribution < -0.4 is 0 Å². The van der Waals surface area contributed by atoms with Crippen LogP contribution in [0.5, 0.6) is 0 Å². The standard InChI is InChI=1S/C45H33P/c1-7-19-37-31(13-1)25-26-32-14-2-8-20-38(32)43(37)46(44-39-21-9-3-15-33(39)27-28-34-16-4-10-22-40(34)44)45-41-23-11-5-17-35(41)29-30-36-18-6-12-24-42(36)45/h1-30,43-45H. The Kier molecular flexibility index (Phi) is 6.76. The Balaban J connectivity index is 1.44. The number of fused-ring (bicyclic) bond motifs is 6. The van der Waals surface area contributed by atoms with Crippen molar-refractivity contribution in [3.8, 4) is 0 Å². The molecule has 0 atom stereocenters. The predicted octanol–water partition coefficient (Wildman–Crippen LogP) is 12.3. The van der Waals surface area contributed by atoms with Gasteiger partial charge in [0.2, 0.25) is 0 Å². The topological polar surface area (TPSA) is 0 Å². The predicted molar refractivity (Wildman–Crippen MR) is 198 cm³/mol. The van der Waals surface area contributed by atoms with E-state index < -0.39 is 7.92 Å². The van der Waals surface area contributed by atoms with Gasteiger partial charge in [0.15, 0.2) is 0 Å². The summed E-state index contributed by atoms with van der Waals surface area (Å²) in [5.74, 6) is 0. The van der Waals surface area contributed by atoms with E-state index in [0.29, 0.717) is 0 Å². The monoisotopic (exact) mass is 604 g/mol. The van der Waals surface area contributed by atoms with E-state index >= 15 is 0 Å². The molecule has 1 heteroatoms. The highest BCUT2D eigenvalue weighted by Gasteiger charge is 2.44. The number of hydrogen-bond donors (Lipinski definition) is 0. The van der Waals surface area contributed by atoms with Crippen molar-refractivity contribution >= 4 is 44.4 Å². The van der Waals surface area contributed by atoms with Gasteiger partial charge in [0, 0.05) is 17.0 Å². The van der Waals surface area contributed by atoms with Gasteiger partial charge < -0.3 is 0 Å². The van der Waals surface area contributed by atoms with E-state index in [-0.39, 0.29) is 17.0 Å². The van der Waals surface area contributed by atoms with E-state index in [4.69, 9.17) is 0 Å². The van der Waals surface area contributed by atoms with Gasteiger partial charge in [-0.15, -0.1) is 0 Å². The van der Waals surface area contributed by atoms with Gasteiger partial charge in [0.05, 0.1) is 0 Å². The third kappa shape index (κ3) is 4.48. The maximum absolute atomic E-state index is 2.40. The lowest BCUT2D eigenvalue weighted by Gasteiger charge is -2.43. The summed E-state index contributed by atoms with van der Waals surface area (Å²) in [6.07, 6.45) is 14.1. The summed E-state index contributed by atoms with van der Waals surface area (Å²) >= 11 is 0. The normalized spacial score (nSPS) is 15.1. The van der Waals surface area contributed by atoms with Crippen molar-refractivity contribution in [2.75, 3.05) is 0 Å². The van der Waals surface area contributed by atoms with Gasteiger partial charge in [-0.1, -0.05) is 190 Å². The fraction of sp³-hybridized carbons (Fsp3) is 0.0667. The van der Waals surface area contributed by atoms with Gasteiger partial charge in [-0.25, -0.2) is 0 Å². The molecule has 0 heterocycles. The van der Waals surface area contributed by atoms with E-state index in [1.165, 1.54) is 66.8 Å². The molecule has 0 aromatic heterocycles. The molecule has 3 aliphatic carbocycles. The van der Waals surface area contributed by atoms with Gasteiger partial charge in [-0.05, 0) is 66.8 Å². The van der Waals surface area contributed by atoms with Gasteiger partial charge in [0.1, 0.15) is 0 Å². The minimum atomic E-state index is -0.906. The molecule has 0 N–H and O–H groups in total. The summed E-state index contributed by atoms with van der Waals surface area (Å²) in [5.41, 5.74) is 17.0. The van der Waals surface area contributed by atoms with Crippen LogP contribution in [0.3, 0.4) is 0 Å². The largest absolute Gasteiger partial charge is 0.0698 e. The fourth-order valence-corrected chi connectivity index (χ4v) is 12.2. The highest BCUT2D eigenvalue weighted by molar-refractivity contribution is 7.59. The first-order valence-corrected chi connectivity index (χ1v) is 17.8. The molecule has 0 spiro atoms. The van der Waals surface area contributed by atoms with E-state index in [2.05, 4.69) is 182 Å². The summed E-state index contributed by atoms with van der Waals surface area (Å²) < 4.78 is 0. The van der Waals surface area contributed by atoms with Crippen LogP contribution in [0.1, 0.15) is 83.7 Å². The van der Waals surface area contributed by atoms with Crippen LogP contribution in [0.4, 0.5) is 0 Å². The van der Waals surface area contributed by atoms with Crippen LogP contribution in [-0.4, -0.2) is 0 Å². The van der Waals surface area contributed by atoms with Crippen molar-refractivity contribution in [1.82, 2.24) is 0 Å². The Bertz CT molecular complexity index is 1800. The number of rotatable bonds is 3. The van der Waals surface area contributed by atoms with Crippen LogP contribution in [-0.2, 0) is 0 Å². The molecular formula is C45H33P. The maximum Gasteiger partial charge on any atom is 0.0320 e. The van der Waals surface area contributed by atoms with Crippen LogP contribution >= 0.6 is 7.92 Å². The second-order valence-electron chi connectivity index (χ2n) is 12.4. The minimum Gasteiger partial charge on any atom is -0.0698 e. The highest BCUT2D eigenvalue weighted by Crippen LogP contribution is 2.76. The molecule has 46 heavy (non-hydrogen) atoms. The molecule has 0 saturated carbocycles. The minimum absolute atomic E-state index is 0.186. The van der Waals surface area contributed by atoms with E-state index in [0.717, 1.165) is 0 Å². The second-order valence-corrected chi connectivity index (χ2v) is 14.9. The van der Waals surface area contributed by atoms with E-state index in [9.17, 15) is 0 Å². The van der Waals surface area contributed by atoms with Crippen molar-refractivity contribution in [2.45, 2.75) is 17.0 Å². The van der Waals surface area contributed by atoms with E-state index in [1.54, 1.807) is 0 Å². The highest BCUT2D eigenvalue weighted by atomic mass is 31.1. The van der Waals surface area contributed by atoms with Gasteiger partial charge in [-0.3, -0.25) is 0 Å². The van der Waals surface area contributed by atoms with Crippen molar-refractivity contribution in [3.63, 3.8) is 0 Å². The summed E-state index contributed by atoms with van der Waals surface area (Å²) in [6, 6.07) is 54.9. The summed E-state index contributed by atoms with van der Waals surface area (Å²) in [7, 11) is -0.906. The molecule has 0 aliphatic heterocycles. The second kappa shape index (κ2) is 11.4. The first-order valence-electron chi connectivity index (χ1n) is 16.2. The Morgan fingerprint density at radius 1 is 0.239 bits per heavy atom. The zero-order valence-electron chi connectivity index (χ0n) is 25.5. The number of hydrogen-bond acceptors (Lipinski definition) is 0. The molecule has 218 valence electrons. The van der Waals surface area contributed by atoms with Crippen molar-refractivity contribution in [1.29, 1.82) is 0 Å². The van der Waals surface area contributed by atoms with Gasteiger partial charge in [0.25, 0.3) is 0 Å². The third-order valence-electron chi connectivity index (χ3n) is 9.97. The Morgan fingerprint density at radius 3 is 0.609 bits per heavy atom. The van der Waals surface area contributed by atoms with Gasteiger partial charge in [-0.2, -0.15) is 0 Å². The fourth-order valence-electron chi connectivity index (χ4n) is 7.92. The summed E-state index contributed by atoms with van der Waals surface area (Å²) in [4.78, 5) is 0. The zero-order valence-corrected chi connectivity index (χ0v) is 26.4. The SMILES string of the molecule is C1=Cc2ccccc2C(P(C2c3ccccc3C=Cc3ccccc32)C2c3ccccc3C=Cc3ccccc32)c2ccccc21. The molecule has 0 saturated heterocycles. The van der Waals surface area contributed by atoms with Crippen LogP contribution in [0.15, 0.2) is 146 Å². The molecule has 0 amide bonds. The molecular weight excluding hydrogens is 571 g/mol. The lowest BCUT2D eigenvalue weighted by Crippen LogP contribution is -2.17. The first-order chi connectivity index (χ1) is 22.8. The Hall–Kier alpha value is -5.03. The third-order valence-corrected chi connectivity index (χ3v) is 13.4. The van der Waals surface area contributed by atoms with Gasteiger partial charge >= 0.3 is 0 Å². The molecule has 0 bridgehead atoms. The lowest BCUT2D eigenvalue weighted by molar-refractivity contribution is 0.989. The average Bonchev–Trinajstić information content (AvgIpc) is 3.47. The lowest BCUT2D eigenvalue weighted by atomic mass is 9.97. The first kappa shape index (κ1) is 27.3. The molecule has 0 radical (unpaired) electrons. The van der Waals surface area contributed by atoms with E-state index in [1.807, 2.05) is 0 Å². The van der Waals surface area contributed by atoms with Crippen molar-refractivity contribution < 1.29 is 0 Å².